The number of halogens is 1. The highest BCUT2D eigenvalue weighted by Gasteiger charge is 2.27. The van der Waals surface area contributed by atoms with E-state index in [0.29, 0.717) is 4.83 Å². The molecule has 0 spiro atoms. The van der Waals surface area contributed by atoms with Gasteiger partial charge >= 0.3 is 5.97 Å². The molecule has 0 saturated carbocycles. The van der Waals surface area contributed by atoms with E-state index < -0.39 is 0 Å². The van der Waals surface area contributed by atoms with Gasteiger partial charge in [-0.25, -0.2) is 0 Å². The zero-order chi connectivity index (χ0) is 7.56. The normalized spacial score (nSPS) is 32.2. The van der Waals surface area contributed by atoms with E-state index in [-0.39, 0.29) is 12.0 Å². The molecule has 1 rings (SSSR count). The number of hydrogen-bond acceptors (Lipinski definition) is 3. The van der Waals surface area contributed by atoms with Gasteiger partial charge in [-0.15, -0.1) is 0 Å². The Bertz CT molecular complexity index is 140. The molecule has 1 aliphatic heterocycles. The predicted octanol–water partition coefficient (Wildman–Crippen LogP) is 0.285. The lowest BCUT2D eigenvalue weighted by molar-refractivity contribution is -0.142. The van der Waals surface area contributed by atoms with Crippen LogP contribution < -0.4 is 5.32 Å². The molecule has 58 valence electrons. The van der Waals surface area contributed by atoms with Crippen LogP contribution in [0.4, 0.5) is 0 Å². The highest BCUT2D eigenvalue weighted by molar-refractivity contribution is 9.09. The second-order valence-electron chi connectivity index (χ2n) is 2.32. The molecular formula is C6H10BrNO2. The maximum Gasteiger partial charge on any atom is 0.322 e. The standard InChI is InChI=1S/C6H10BrNO2/c1-10-6(9)5-2-4(7)3-8-5/h4-5,8H,2-3H2,1H3/t4-,5+/m1/s1. The summed E-state index contributed by atoms with van der Waals surface area (Å²) in [6.07, 6.45) is 0.826. The van der Waals surface area contributed by atoms with Crippen molar-refractivity contribution in [2.75, 3.05) is 13.7 Å². The molecule has 0 amide bonds. The van der Waals surface area contributed by atoms with Gasteiger partial charge in [0.15, 0.2) is 0 Å². The first-order chi connectivity index (χ1) is 4.74. The molecule has 0 radical (unpaired) electrons. The summed E-state index contributed by atoms with van der Waals surface area (Å²) < 4.78 is 4.56. The van der Waals surface area contributed by atoms with Crippen LogP contribution in [-0.2, 0) is 9.53 Å². The molecule has 4 heteroatoms. The van der Waals surface area contributed by atoms with E-state index >= 15 is 0 Å². The van der Waals surface area contributed by atoms with Crippen molar-refractivity contribution in [3.05, 3.63) is 0 Å². The van der Waals surface area contributed by atoms with Gasteiger partial charge in [-0.05, 0) is 6.42 Å². The number of carbonyl (C=O) groups is 1. The Morgan fingerprint density at radius 3 is 2.90 bits per heavy atom. The molecule has 0 aromatic rings. The summed E-state index contributed by atoms with van der Waals surface area (Å²) in [6.45, 7) is 0.847. The summed E-state index contributed by atoms with van der Waals surface area (Å²) >= 11 is 3.41. The highest BCUT2D eigenvalue weighted by Crippen LogP contribution is 2.14. The third-order valence-electron chi connectivity index (χ3n) is 1.56. The highest BCUT2D eigenvalue weighted by atomic mass is 79.9. The Hall–Kier alpha value is -0.0900. The number of rotatable bonds is 1. The van der Waals surface area contributed by atoms with Gasteiger partial charge in [0.1, 0.15) is 6.04 Å². The average Bonchev–Trinajstić information content (AvgIpc) is 2.34. The van der Waals surface area contributed by atoms with E-state index in [0.717, 1.165) is 13.0 Å². The van der Waals surface area contributed by atoms with Crippen LogP contribution >= 0.6 is 15.9 Å². The molecule has 1 saturated heterocycles. The first-order valence-corrected chi connectivity index (χ1v) is 4.11. The largest absolute Gasteiger partial charge is 0.468 e. The van der Waals surface area contributed by atoms with E-state index in [1.165, 1.54) is 7.11 Å². The molecule has 3 nitrogen and oxygen atoms in total. The molecule has 1 N–H and O–H groups in total. The summed E-state index contributed by atoms with van der Waals surface area (Å²) in [5.41, 5.74) is 0. The van der Waals surface area contributed by atoms with Crippen molar-refractivity contribution in [2.24, 2.45) is 0 Å². The molecule has 1 heterocycles. The Balaban J connectivity index is 2.37. The van der Waals surface area contributed by atoms with E-state index in [2.05, 4.69) is 26.0 Å². The lowest BCUT2D eigenvalue weighted by Gasteiger charge is -2.05. The maximum atomic E-state index is 10.9. The van der Waals surface area contributed by atoms with E-state index in [1.807, 2.05) is 0 Å². The third kappa shape index (κ3) is 1.70. The van der Waals surface area contributed by atoms with Crippen LogP contribution in [0.25, 0.3) is 0 Å². The summed E-state index contributed by atoms with van der Waals surface area (Å²) in [4.78, 5) is 11.3. The zero-order valence-electron chi connectivity index (χ0n) is 5.76. The minimum atomic E-state index is -0.165. The van der Waals surface area contributed by atoms with Crippen molar-refractivity contribution in [3.63, 3.8) is 0 Å². The number of alkyl halides is 1. The number of methoxy groups -OCH3 is 1. The first-order valence-electron chi connectivity index (χ1n) is 3.19. The Morgan fingerprint density at radius 1 is 1.80 bits per heavy atom. The lowest BCUT2D eigenvalue weighted by Crippen LogP contribution is -2.31. The average molecular weight is 208 g/mol. The van der Waals surface area contributed by atoms with Crippen LogP contribution in [0.15, 0.2) is 0 Å². The van der Waals surface area contributed by atoms with Gasteiger partial charge in [-0.2, -0.15) is 0 Å². The number of hydrogen-bond donors (Lipinski definition) is 1. The Morgan fingerprint density at radius 2 is 2.50 bits per heavy atom. The fourth-order valence-electron chi connectivity index (χ4n) is 1.01. The van der Waals surface area contributed by atoms with Crippen LogP contribution in [-0.4, -0.2) is 30.5 Å². The van der Waals surface area contributed by atoms with E-state index in [4.69, 9.17) is 0 Å². The summed E-state index contributed by atoms with van der Waals surface area (Å²) in [6, 6.07) is -0.102. The summed E-state index contributed by atoms with van der Waals surface area (Å²) in [5.74, 6) is -0.165. The molecule has 10 heavy (non-hydrogen) atoms. The maximum absolute atomic E-state index is 10.9. The van der Waals surface area contributed by atoms with Crippen LogP contribution in [0, 0.1) is 0 Å². The Labute approximate surface area is 68.3 Å². The summed E-state index contributed by atoms with van der Waals surface area (Å²) in [5, 5.41) is 3.04. The quantitative estimate of drug-likeness (QED) is 0.497. The summed E-state index contributed by atoms with van der Waals surface area (Å²) in [7, 11) is 1.41. The molecular weight excluding hydrogens is 198 g/mol. The first kappa shape index (κ1) is 8.01. The molecule has 0 aliphatic carbocycles. The SMILES string of the molecule is COC(=O)[C@@H]1C[C@@H](Br)CN1. The van der Waals surface area contributed by atoms with Crippen LogP contribution in [0.3, 0.4) is 0 Å². The Kier molecular flexibility index (Phi) is 2.68. The fraction of sp³-hybridized carbons (Fsp3) is 0.833. The van der Waals surface area contributed by atoms with Crippen molar-refractivity contribution in [1.82, 2.24) is 5.32 Å². The van der Waals surface area contributed by atoms with Gasteiger partial charge in [0, 0.05) is 11.4 Å². The number of nitrogens with one attached hydrogen (secondary N) is 1. The number of ether oxygens (including phenoxy) is 1. The van der Waals surface area contributed by atoms with Gasteiger partial charge in [0.05, 0.1) is 7.11 Å². The van der Waals surface area contributed by atoms with Gasteiger partial charge in [0.25, 0.3) is 0 Å². The van der Waals surface area contributed by atoms with Gasteiger partial charge in [-0.3, -0.25) is 4.79 Å². The minimum Gasteiger partial charge on any atom is -0.468 e. The number of carbonyl (C=O) groups excluding carboxylic acids is 1. The van der Waals surface area contributed by atoms with Crippen molar-refractivity contribution >= 4 is 21.9 Å². The van der Waals surface area contributed by atoms with Crippen LogP contribution in [0.5, 0.6) is 0 Å². The van der Waals surface area contributed by atoms with Crippen molar-refractivity contribution in [2.45, 2.75) is 17.3 Å². The fourth-order valence-corrected chi connectivity index (χ4v) is 1.58. The molecule has 0 aromatic carbocycles. The van der Waals surface area contributed by atoms with E-state index in [9.17, 15) is 4.79 Å². The lowest BCUT2D eigenvalue weighted by atomic mass is 10.2. The van der Waals surface area contributed by atoms with E-state index in [1.54, 1.807) is 0 Å². The van der Waals surface area contributed by atoms with Crippen molar-refractivity contribution < 1.29 is 9.53 Å². The van der Waals surface area contributed by atoms with Crippen molar-refractivity contribution in [1.29, 1.82) is 0 Å². The minimum absolute atomic E-state index is 0.102. The van der Waals surface area contributed by atoms with Gasteiger partial charge in [-0.1, -0.05) is 15.9 Å². The molecule has 2 atom stereocenters. The predicted molar refractivity (Wildman–Crippen MR) is 41.1 cm³/mol. The van der Waals surface area contributed by atoms with Crippen molar-refractivity contribution in [3.8, 4) is 0 Å². The van der Waals surface area contributed by atoms with Gasteiger partial charge in [0.2, 0.25) is 0 Å². The molecule has 1 fully saturated rings. The number of esters is 1. The molecule has 0 unspecified atom stereocenters. The molecule has 0 aromatic heterocycles. The topological polar surface area (TPSA) is 38.3 Å². The smallest absolute Gasteiger partial charge is 0.322 e. The molecule has 1 aliphatic rings. The second-order valence-corrected chi connectivity index (χ2v) is 3.61. The third-order valence-corrected chi connectivity index (χ3v) is 2.26. The second kappa shape index (κ2) is 3.34. The zero-order valence-corrected chi connectivity index (χ0v) is 7.35. The molecule has 0 bridgehead atoms. The monoisotopic (exact) mass is 207 g/mol. The van der Waals surface area contributed by atoms with Crippen LogP contribution in [0.1, 0.15) is 6.42 Å². The van der Waals surface area contributed by atoms with Crippen LogP contribution in [0.2, 0.25) is 0 Å². The van der Waals surface area contributed by atoms with Gasteiger partial charge < -0.3 is 10.1 Å².